The Morgan fingerprint density at radius 3 is 0.889 bits per heavy atom. The molecular weight excluding hydrogens is 234 g/mol. The lowest BCUT2D eigenvalue weighted by Crippen LogP contribution is -2.17. The van der Waals surface area contributed by atoms with Gasteiger partial charge in [-0.3, -0.25) is 14.4 Å². The molecule has 0 aromatic heterocycles. The first-order valence-corrected chi connectivity index (χ1v) is 5.23. The molecule has 0 bridgehead atoms. The number of carbonyl (C=O) groups excluding carboxylic acids is 3. The lowest BCUT2D eigenvalue weighted by Gasteiger charge is -2.17. The van der Waals surface area contributed by atoms with E-state index in [2.05, 4.69) is 0 Å². The van der Waals surface area contributed by atoms with E-state index in [1.54, 1.807) is 0 Å². The van der Waals surface area contributed by atoms with E-state index in [4.69, 9.17) is 17.2 Å². The van der Waals surface area contributed by atoms with Gasteiger partial charge in [-0.15, -0.1) is 0 Å². The average Bonchev–Trinajstić information content (AvgIpc) is 2.14. The molecule has 0 aliphatic heterocycles. The zero-order valence-corrected chi connectivity index (χ0v) is 10.5. The van der Waals surface area contributed by atoms with Gasteiger partial charge in [-0.05, 0) is 20.8 Å². The molecular formula is C12H15N3O3. The number of rotatable bonds is 3. The third kappa shape index (κ3) is 1.92. The summed E-state index contributed by atoms with van der Waals surface area (Å²) in [5, 5.41) is 0. The number of benzene rings is 1. The Balaban J connectivity index is 3.94. The number of nitrogens with two attached hydrogens (primary N) is 3. The number of hydrogen-bond donors (Lipinski definition) is 3. The molecule has 0 amide bonds. The Labute approximate surface area is 104 Å². The zero-order valence-electron chi connectivity index (χ0n) is 10.5. The fourth-order valence-electron chi connectivity index (χ4n) is 1.95. The minimum Gasteiger partial charge on any atom is -0.397 e. The second kappa shape index (κ2) is 4.48. The van der Waals surface area contributed by atoms with Crippen LogP contribution >= 0.6 is 0 Å². The van der Waals surface area contributed by atoms with Gasteiger partial charge in [0.05, 0.1) is 33.8 Å². The Kier molecular flexibility index (Phi) is 3.41. The van der Waals surface area contributed by atoms with Gasteiger partial charge in [-0.25, -0.2) is 0 Å². The third-order valence-electron chi connectivity index (χ3n) is 2.67. The number of nitrogen functional groups attached to an aromatic ring is 3. The molecule has 0 atom stereocenters. The largest absolute Gasteiger partial charge is 0.397 e. The van der Waals surface area contributed by atoms with Gasteiger partial charge in [-0.2, -0.15) is 0 Å². The molecule has 6 heteroatoms. The Morgan fingerprint density at radius 1 is 0.611 bits per heavy atom. The van der Waals surface area contributed by atoms with Crippen LogP contribution < -0.4 is 17.2 Å². The quantitative estimate of drug-likeness (QED) is 0.542. The highest BCUT2D eigenvalue weighted by Gasteiger charge is 2.25. The lowest BCUT2D eigenvalue weighted by molar-refractivity contribution is 0.101. The van der Waals surface area contributed by atoms with E-state index in [9.17, 15) is 14.4 Å². The summed E-state index contributed by atoms with van der Waals surface area (Å²) in [5.74, 6) is -1.26. The van der Waals surface area contributed by atoms with Crippen molar-refractivity contribution < 1.29 is 14.4 Å². The molecule has 6 nitrogen and oxygen atoms in total. The van der Waals surface area contributed by atoms with Crippen LogP contribution in [-0.2, 0) is 0 Å². The first-order valence-electron chi connectivity index (χ1n) is 5.23. The summed E-state index contributed by atoms with van der Waals surface area (Å²) >= 11 is 0. The number of carbonyl (C=O) groups is 3. The Morgan fingerprint density at radius 2 is 0.778 bits per heavy atom. The fraction of sp³-hybridized carbons (Fsp3) is 0.250. The lowest BCUT2D eigenvalue weighted by atomic mass is 9.92. The Bertz CT molecular complexity index is 474. The second-order valence-corrected chi connectivity index (χ2v) is 4.03. The molecule has 0 saturated heterocycles. The van der Waals surface area contributed by atoms with Crippen LogP contribution in [0.5, 0.6) is 0 Å². The molecule has 0 heterocycles. The van der Waals surface area contributed by atoms with E-state index in [1.807, 2.05) is 0 Å². The van der Waals surface area contributed by atoms with Crippen LogP contribution in [0, 0.1) is 0 Å². The molecule has 0 fully saturated rings. The minimum atomic E-state index is -0.421. The van der Waals surface area contributed by atoms with Gasteiger partial charge in [0.15, 0.2) is 17.3 Å². The van der Waals surface area contributed by atoms with Gasteiger partial charge in [0.2, 0.25) is 0 Å². The van der Waals surface area contributed by atoms with Crippen LogP contribution in [0.4, 0.5) is 17.1 Å². The third-order valence-corrected chi connectivity index (χ3v) is 2.67. The zero-order chi connectivity index (χ0) is 14.2. The van der Waals surface area contributed by atoms with Crippen LogP contribution in [0.2, 0.25) is 0 Å². The summed E-state index contributed by atoms with van der Waals surface area (Å²) in [6, 6.07) is 0. The van der Waals surface area contributed by atoms with Gasteiger partial charge in [0.1, 0.15) is 0 Å². The molecule has 1 aromatic rings. The summed E-state index contributed by atoms with van der Waals surface area (Å²) in [5.41, 5.74) is 16.9. The first kappa shape index (κ1) is 13.7. The van der Waals surface area contributed by atoms with Crippen LogP contribution in [0.15, 0.2) is 0 Å². The van der Waals surface area contributed by atoms with Gasteiger partial charge < -0.3 is 17.2 Å². The van der Waals surface area contributed by atoms with Gasteiger partial charge in [0, 0.05) is 0 Å². The van der Waals surface area contributed by atoms with Crippen molar-refractivity contribution in [2.45, 2.75) is 20.8 Å². The highest BCUT2D eigenvalue weighted by Crippen LogP contribution is 2.35. The molecule has 0 unspecified atom stereocenters. The number of anilines is 3. The molecule has 0 radical (unpaired) electrons. The van der Waals surface area contributed by atoms with Crippen molar-refractivity contribution >= 4 is 34.4 Å². The van der Waals surface area contributed by atoms with Crippen molar-refractivity contribution in [1.29, 1.82) is 0 Å². The highest BCUT2D eigenvalue weighted by atomic mass is 16.1. The van der Waals surface area contributed by atoms with Gasteiger partial charge >= 0.3 is 0 Å². The maximum absolute atomic E-state index is 11.5. The van der Waals surface area contributed by atoms with Crippen molar-refractivity contribution in [2.75, 3.05) is 17.2 Å². The summed E-state index contributed by atoms with van der Waals surface area (Å²) < 4.78 is 0. The van der Waals surface area contributed by atoms with Crippen LogP contribution in [-0.4, -0.2) is 17.3 Å². The van der Waals surface area contributed by atoms with E-state index in [0.29, 0.717) is 0 Å². The van der Waals surface area contributed by atoms with E-state index in [1.165, 1.54) is 20.8 Å². The monoisotopic (exact) mass is 249 g/mol. The Hall–Kier alpha value is -2.37. The molecule has 18 heavy (non-hydrogen) atoms. The fourth-order valence-corrected chi connectivity index (χ4v) is 1.95. The van der Waals surface area contributed by atoms with Crippen LogP contribution in [0.3, 0.4) is 0 Å². The number of hydrogen-bond acceptors (Lipinski definition) is 6. The molecule has 0 saturated carbocycles. The summed E-state index contributed by atoms with van der Waals surface area (Å²) in [4.78, 5) is 34.6. The van der Waals surface area contributed by atoms with Crippen molar-refractivity contribution in [1.82, 2.24) is 0 Å². The molecule has 0 aliphatic carbocycles. The van der Waals surface area contributed by atoms with Crippen molar-refractivity contribution in [3.63, 3.8) is 0 Å². The molecule has 1 aromatic carbocycles. The van der Waals surface area contributed by atoms with Crippen LogP contribution in [0.1, 0.15) is 51.8 Å². The second-order valence-electron chi connectivity index (χ2n) is 4.03. The van der Waals surface area contributed by atoms with E-state index < -0.39 is 17.3 Å². The van der Waals surface area contributed by atoms with E-state index >= 15 is 0 Å². The summed E-state index contributed by atoms with van der Waals surface area (Å²) in [6.07, 6.45) is 0. The SMILES string of the molecule is CC(=O)c1c(N)c(C(C)=O)c(N)c(C(C)=O)c1N. The smallest absolute Gasteiger partial charge is 0.164 e. The molecule has 1 rings (SSSR count). The van der Waals surface area contributed by atoms with E-state index in [0.717, 1.165) is 0 Å². The van der Waals surface area contributed by atoms with E-state index in [-0.39, 0.29) is 33.8 Å². The normalized spacial score (nSPS) is 10.2. The molecule has 96 valence electrons. The maximum atomic E-state index is 11.5. The average molecular weight is 249 g/mol. The van der Waals surface area contributed by atoms with Gasteiger partial charge in [0.25, 0.3) is 0 Å². The number of Topliss-reactive ketones (excluding diaryl/α,β-unsaturated/α-hetero) is 3. The van der Waals surface area contributed by atoms with Crippen molar-refractivity contribution in [3.05, 3.63) is 16.7 Å². The summed E-state index contributed by atoms with van der Waals surface area (Å²) in [7, 11) is 0. The first-order chi connectivity index (χ1) is 8.20. The van der Waals surface area contributed by atoms with Crippen molar-refractivity contribution in [3.8, 4) is 0 Å². The predicted molar refractivity (Wildman–Crippen MR) is 69.7 cm³/mol. The minimum absolute atomic E-state index is 0.0281. The molecule has 0 aliphatic rings. The maximum Gasteiger partial charge on any atom is 0.164 e. The molecule has 6 N–H and O–H groups in total. The predicted octanol–water partition coefficient (Wildman–Crippen LogP) is 1.04. The highest BCUT2D eigenvalue weighted by molar-refractivity contribution is 6.20. The molecule has 0 spiro atoms. The number of ketones is 3. The van der Waals surface area contributed by atoms with Crippen molar-refractivity contribution in [2.24, 2.45) is 0 Å². The topological polar surface area (TPSA) is 129 Å². The van der Waals surface area contributed by atoms with Gasteiger partial charge in [-0.1, -0.05) is 0 Å². The summed E-state index contributed by atoms with van der Waals surface area (Å²) in [6.45, 7) is 3.77. The van der Waals surface area contributed by atoms with Crippen LogP contribution in [0.25, 0.3) is 0 Å². The standard InChI is InChI=1S/C12H15N3O3/c1-4(16)7-10(13)8(5(2)17)12(15)9(6(3)18)11(7)14/h13-15H2,1-3H3.